The Morgan fingerprint density at radius 2 is 1.91 bits per heavy atom. The van der Waals surface area contributed by atoms with Gasteiger partial charge < -0.3 is 20.3 Å². The third kappa shape index (κ3) is 3.69. The number of carbonyl (C=O) groups is 1. The van der Waals surface area contributed by atoms with E-state index < -0.39 is 0 Å². The fourth-order valence-electron chi connectivity index (χ4n) is 2.11. The van der Waals surface area contributed by atoms with Gasteiger partial charge in [0.25, 0.3) is 5.91 Å². The largest absolute Gasteiger partial charge is 0.504 e. The molecule has 5 heteroatoms. The number of methoxy groups -OCH3 is 1. The number of hydrogen-bond acceptors (Lipinski definition) is 4. The molecule has 0 aromatic heterocycles. The SMILES string of the molecule is COc1cc(C(=O)NCCc2ccc(O)c(O)c2)ccc1C. The molecule has 2 aromatic carbocycles. The Morgan fingerprint density at radius 3 is 2.59 bits per heavy atom. The summed E-state index contributed by atoms with van der Waals surface area (Å²) in [6.45, 7) is 2.34. The van der Waals surface area contributed by atoms with E-state index in [0.717, 1.165) is 11.1 Å². The van der Waals surface area contributed by atoms with E-state index in [0.29, 0.717) is 24.3 Å². The number of amides is 1. The molecule has 0 unspecified atom stereocenters. The first-order valence-electron chi connectivity index (χ1n) is 6.95. The van der Waals surface area contributed by atoms with Gasteiger partial charge >= 0.3 is 0 Å². The van der Waals surface area contributed by atoms with Gasteiger partial charge in [-0.3, -0.25) is 4.79 Å². The molecular formula is C17H19NO4. The van der Waals surface area contributed by atoms with Gasteiger partial charge in [0, 0.05) is 12.1 Å². The molecule has 0 aliphatic heterocycles. The summed E-state index contributed by atoms with van der Waals surface area (Å²) in [7, 11) is 1.57. The van der Waals surface area contributed by atoms with Crippen molar-refractivity contribution in [3.63, 3.8) is 0 Å². The zero-order valence-corrected chi connectivity index (χ0v) is 12.6. The number of phenolic OH excluding ortho intramolecular Hbond substituents is 2. The van der Waals surface area contributed by atoms with E-state index in [1.165, 1.54) is 12.1 Å². The predicted molar refractivity (Wildman–Crippen MR) is 83.5 cm³/mol. The fraction of sp³-hybridized carbons (Fsp3) is 0.235. The lowest BCUT2D eigenvalue weighted by Gasteiger charge is -2.09. The Kier molecular flexibility index (Phi) is 4.88. The Balaban J connectivity index is 1.94. The molecule has 2 rings (SSSR count). The molecule has 2 aromatic rings. The van der Waals surface area contributed by atoms with Crippen LogP contribution in [0.3, 0.4) is 0 Å². The van der Waals surface area contributed by atoms with Gasteiger partial charge in [0.1, 0.15) is 5.75 Å². The molecule has 0 heterocycles. The summed E-state index contributed by atoms with van der Waals surface area (Å²) in [6.07, 6.45) is 0.558. The highest BCUT2D eigenvalue weighted by Gasteiger charge is 2.08. The van der Waals surface area contributed by atoms with E-state index in [4.69, 9.17) is 4.74 Å². The standard InChI is InChI=1S/C17H19NO4/c1-11-3-5-13(10-16(11)22-2)17(21)18-8-7-12-4-6-14(19)15(20)9-12/h3-6,9-10,19-20H,7-8H2,1-2H3,(H,18,21). The van der Waals surface area contributed by atoms with Gasteiger partial charge in [-0.2, -0.15) is 0 Å². The molecule has 3 N–H and O–H groups in total. The van der Waals surface area contributed by atoms with Crippen LogP contribution in [0.15, 0.2) is 36.4 Å². The van der Waals surface area contributed by atoms with Crippen molar-refractivity contribution in [1.82, 2.24) is 5.32 Å². The summed E-state index contributed by atoms with van der Waals surface area (Å²) >= 11 is 0. The second-order valence-electron chi connectivity index (χ2n) is 5.01. The van der Waals surface area contributed by atoms with E-state index in [9.17, 15) is 15.0 Å². The Morgan fingerprint density at radius 1 is 1.14 bits per heavy atom. The number of nitrogens with one attached hydrogen (secondary N) is 1. The van der Waals surface area contributed by atoms with E-state index >= 15 is 0 Å². The molecule has 1 amide bonds. The van der Waals surface area contributed by atoms with Gasteiger partial charge in [-0.25, -0.2) is 0 Å². The number of benzene rings is 2. The van der Waals surface area contributed by atoms with Gasteiger partial charge in [0.05, 0.1) is 7.11 Å². The van der Waals surface area contributed by atoms with Gasteiger partial charge in [0.15, 0.2) is 11.5 Å². The first-order valence-corrected chi connectivity index (χ1v) is 6.95. The summed E-state index contributed by atoms with van der Waals surface area (Å²) < 4.78 is 5.20. The van der Waals surface area contributed by atoms with Crippen molar-refractivity contribution in [1.29, 1.82) is 0 Å². The summed E-state index contributed by atoms with van der Waals surface area (Å²) in [5, 5.41) is 21.5. The summed E-state index contributed by atoms with van der Waals surface area (Å²) in [6, 6.07) is 9.91. The maximum absolute atomic E-state index is 12.1. The molecule has 5 nitrogen and oxygen atoms in total. The van der Waals surface area contributed by atoms with Crippen LogP contribution in [0, 0.1) is 6.92 Å². The van der Waals surface area contributed by atoms with Crippen molar-refractivity contribution < 1.29 is 19.7 Å². The van der Waals surface area contributed by atoms with Crippen LogP contribution >= 0.6 is 0 Å². The normalized spacial score (nSPS) is 10.3. The van der Waals surface area contributed by atoms with E-state index in [-0.39, 0.29) is 17.4 Å². The monoisotopic (exact) mass is 301 g/mol. The molecule has 22 heavy (non-hydrogen) atoms. The summed E-state index contributed by atoms with van der Waals surface area (Å²) in [5.74, 6) is 0.184. The first kappa shape index (κ1) is 15.7. The predicted octanol–water partition coefficient (Wildman–Crippen LogP) is 2.39. The highest BCUT2D eigenvalue weighted by atomic mass is 16.5. The molecule has 0 atom stereocenters. The average molecular weight is 301 g/mol. The molecule has 0 fully saturated rings. The minimum absolute atomic E-state index is 0.153. The molecule has 0 radical (unpaired) electrons. The van der Waals surface area contributed by atoms with Crippen molar-refractivity contribution in [2.45, 2.75) is 13.3 Å². The number of carbonyl (C=O) groups excluding carboxylic acids is 1. The molecule has 0 spiro atoms. The maximum atomic E-state index is 12.1. The second kappa shape index (κ2) is 6.85. The van der Waals surface area contributed by atoms with Crippen LogP contribution in [0.25, 0.3) is 0 Å². The third-order valence-electron chi connectivity index (χ3n) is 3.41. The van der Waals surface area contributed by atoms with Crippen LogP contribution < -0.4 is 10.1 Å². The van der Waals surface area contributed by atoms with Crippen molar-refractivity contribution >= 4 is 5.91 Å². The average Bonchev–Trinajstić information content (AvgIpc) is 2.51. The third-order valence-corrected chi connectivity index (χ3v) is 3.41. The number of phenols is 2. The first-order chi connectivity index (χ1) is 10.5. The zero-order chi connectivity index (χ0) is 16.1. The number of aryl methyl sites for hydroxylation is 1. The second-order valence-corrected chi connectivity index (χ2v) is 5.01. The van der Waals surface area contributed by atoms with Crippen molar-refractivity contribution in [2.24, 2.45) is 0 Å². The van der Waals surface area contributed by atoms with Gasteiger partial charge in [-0.05, 0) is 48.7 Å². The highest BCUT2D eigenvalue weighted by molar-refractivity contribution is 5.94. The zero-order valence-electron chi connectivity index (χ0n) is 12.6. The molecule has 0 aliphatic rings. The van der Waals surface area contributed by atoms with Crippen molar-refractivity contribution in [2.75, 3.05) is 13.7 Å². The van der Waals surface area contributed by atoms with Crippen LogP contribution in [-0.4, -0.2) is 29.8 Å². The summed E-state index contributed by atoms with van der Waals surface area (Å²) in [4.78, 5) is 12.1. The lowest BCUT2D eigenvalue weighted by atomic mass is 10.1. The number of ether oxygens (including phenoxy) is 1. The topological polar surface area (TPSA) is 78.8 Å². The van der Waals surface area contributed by atoms with Crippen molar-refractivity contribution in [3.05, 3.63) is 53.1 Å². The molecular weight excluding hydrogens is 282 g/mol. The summed E-state index contributed by atoms with van der Waals surface area (Å²) in [5.41, 5.74) is 2.34. The number of hydrogen-bond donors (Lipinski definition) is 3. The van der Waals surface area contributed by atoms with Gasteiger partial charge in [-0.1, -0.05) is 12.1 Å². The molecule has 0 aliphatic carbocycles. The van der Waals surface area contributed by atoms with Gasteiger partial charge in [-0.15, -0.1) is 0 Å². The van der Waals surface area contributed by atoms with E-state index in [1.54, 1.807) is 25.3 Å². The minimum atomic E-state index is -0.179. The highest BCUT2D eigenvalue weighted by Crippen LogP contribution is 2.25. The van der Waals surface area contributed by atoms with Crippen molar-refractivity contribution in [3.8, 4) is 17.2 Å². The van der Waals surface area contributed by atoms with Gasteiger partial charge in [0.2, 0.25) is 0 Å². The Labute approximate surface area is 129 Å². The minimum Gasteiger partial charge on any atom is -0.504 e. The molecule has 0 saturated heterocycles. The van der Waals surface area contributed by atoms with E-state index in [2.05, 4.69) is 5.32 Å². The fourth-order valence-corrected chi connectivity index (χ4v) is 2.11. The number of aromatic hydroxyl groups is 2. The van der Waals surface area contributed by atoms with Crippen LogP contribution in [0.2, 0.25) is 0 Å². The van der Waals surface area contributed by atoms with E-state index in [1.807, 2.05) is 13.0 Å². The quantitative estimate of drug-likeness (QED) is 0.741. The lowest BCUT2D eigenvalue weighted by Crippen LogP contribution is -2.25. The molecule has 0 saturated carbocycles. The molecule has 116 valence electrons. The van der Waals surface area contributed by atoms with Crippen LogP contribution in [0.5, 0.6) is 17.2 Å². The van der Waals surface area contributed by atoms with Crippen LogP contribution in [0.1, 0.15) is 21.5 Å². The van der Waals surface area contributed by atoms with Crippen LogP contribution in [-0.2, 0) is 6.42 Å². The Hall–Kier alpha value is -2.69. The lowest BCUT2D eigenvalue weighted by molar-refractivity contribution is 0.0954. The van der Waals surface area contributed by atoms with Crippen LogP contribution in [0.4, 0.5) is 0 Å². The molecule has 0 bridgehead atoms. The maximum Gasteiger partial charge on any atom is 0.251 e. The smallest absolute Gasteiger partial charge is 0.251 e. The number of rotatable bonds is 5. The Bertz CT molecular complexity index is 682.